The van der Waals surface area contributed by atoms with Crippen LogP contribution in [-0.2, 0) is 4.74 Å². The predicted molar refractivity (Wildman–Crippen MR) is 60.3 cm³/mol. The van der Waals surface area contributed by atoms with Crippen LogP contribution in [0.5, 0.6) is 0 Å². The number of nitrogens with two attached hydrogens (primary N) is 1. The van der Waals surface area contributed by atoms with Crippen LogP contribution in [0.4, 0.5) is 0 Å². The van der Waals surface area contributed by atoms with Crippen molar-refractivity contribution in [3.63, 3.8) is 0 Å². The van der Waals surface area contributed by atoms with Gasteiger partial charge in [-0.1, -0.05) is 33.1 Å². The zero-order valence-electron chi connectivity index (χ0n) is 9.88. The Bertz CT molecular complexity index is 172. The molecule has 0 bridgehead atoms. The standard InChI is InChI=1S/C12H25NO/c1-4-6-11(13)12(14-3)8-5-7-10(2)9-12/h10-11H,4-9,13H2,1-3H3/t10?,11-,12?/m0/s1. The summed E-state index contributed by atoms with van der Waals surface area (Å²) in [6.07, 6.45) is 7.14. The first kappa shape index (κ1) is 12.0. The van der Waals surface area contributed by atoms with Crippen molar-refractivity contribution in [3.05, 3.63) is 0 Å². The van der Waals surface area contributed by atoms with Crippen LogP contribution < -0.4 is 5.73 Å². The van der Waals surface area contributed by atoms with Crippen LogP contribution >= 0.6 is 0 Å². The summed E-state index contributed by atoms with van der Waals surface area (Å²) in [5, 5.41) is 0. The summed E-state index contributed by atoms with van der Waals surface area (Å²) < 4.78 is 5.74. The third kappa shape index (κ3) is 2.48. The summed E-state index contributed by atoms with van der Waals surface area (Å²) in [5.74, 6) is 0.770. The molecule has 0 heterocycles. The maximum atomic E-state index is 6.24. The predicted octanol–water partition coefficient (Wildman–Crippen LogP) is 2.71. The summed E-state index contributed by atoms with van der Waals surface area (Å²) in [6.45, 7) is 4.50. The van der Waals surface area contributed by atoms with Crippen molar-refractivity contribution in [2.45, 2.75) is 64.0 Å². The highest BCUT2D eigenvalue weighted by molar-refractivity contribution is 4.94. The largest absolute Gasteiger partial charge is 0.377 e. The van der Waals surface area contributed by atoms with E-state index in [2.05, 4.69) is 13.8 Å². The fourth-order valence-electron chi connectivity index (χ4n) is 2.79. The summed E-state index contributed by atoms with van der Waals surface area (Å²) in [6, 6.07) is 0.222. The van der Waals surface area contributed by atoms with Gasteiger partial charge in [0.1, 0.15) is 0 Å². The summed E-state index contributed by atoms with van der Waals surface area (Å²) in [5.41, 5.74) is 6.22. The van der Waals surface area contributed by atoms with Crippen LogP contribution in [0.1, 0.15) is 52.4 Å². The maximum absolute atomic E-state index is 6.24. The molecule has 2 nitrogen and oxygen atoms in total. The molecule has 0 radical (unpaired) electrons. The first-order valence-corrected chi connectivity index (χ1v) is 5.95. The molecule has 14 heavy (non-hydrogen) atoms. The SMILES string of the molecule is CCC[C@H](N)C1(OC)CCCC(C)C1. The summed E-state index contributed by atoms with van der Waals surface area (Å²) in [4.78, 5) is 0. The molecule has 1 aliphatic rings. The second kappa shape index (κ2) is 5.13. The molecule has 0 aromatic heterocycles. The molecule has 84 valence electrons. The van der Waals surface area contributed by atoms with Crippen LogP contribution in [0, 0.1) is 5.92 Å². The van der Waals surface area contributed by atoms with Crippen molar-refractivity contribution < 1.29 is 4.74 Å². The Labute approximate surface area is 88.2 Å². The zero-order chi connectivity index (χ0) is 10.6. The topological polar surface area (TPSA) is 35.2 Å². The van der Waals surface area contributed by atoms with E-state index < -0.39 is 0 Å². The second-order valence-electron chi connectivity index (χ2n) is 4.87. The molecule has 0 spiro atoms. The quantitative estimate of drug-likeness (QED) is 0.755. The van der Waals surface area contributed by atoms with Gasteiger partial charge in [0.2, 0.25) is 0 Å². The molecule has 1 fully saturated rings. The normalized spacial score (nSPS) is 35.6. The average Bonchev–Trinajstić information content (AvgIpc) is 2.18. The lowest BCUT2D eigenvalue weighted by atomic mass is 9.74. The number of hydrogen-bond acceptors (Lipinski definition) is 2. The van der Waals surface area contributed by atoms with E-state index in [1.165, 1.54) is 12.8 Å². The van der Waals surface area contributed by atoms with Crippen LogP contribution in [0.2, 0.25) is 0 Å². The van der Waals surface area contributed by atoms with Gasteiger partial charge in [0.05, 0.1) is 5.60 Å². The van der Waals surface area contributed by atoms with Crippen molar-refractivity contribution in [1.29, 1.82) is 0 Å². The molecule has 0 aliphatic heterocycles. The van der Waals surface area contributed by atoms with Gasteiger partial charge in [0, 0.05) is 13.2 Å². The van der Waals surface area contributed by atoms with Crippen molar-refractivity contribution in [3.8, 4) is 0 Å². The Hall–Kier alpha value is -0.0800. The molecule has 3 atom stereocenters. The van der Waals surface area contributed by atoms with E-state index in [9.17, 15) is 0 Å². The Kier molecular flexibility index (Phi) is 4.39. The third-order valence-corrected chi connectivity index (χ3v) is 3.67. The van der Waals surface area contributed by atoms with Gasteiger partial charge in [0.15, 0.2) is 0 Å². The smallest absolute Gasteiger partial charge is 0.0831 e. The van der Waals surface area contributed by atoms with Gasteiger partial charge in [-0.15, -0.1) is 0 Å². The Morgan fingerprint density at radius 1 is 1.57 bits per heavy atom. The molecule has 2 N–H and O–H groups in total. The van der Waals surface area contributed by atoms with Crippen LogP contribution in [0.15, 0.2) is 0 Å². The zero-order valence-corrected chi connectivity index (χ0v) is 9.88. The van der Waals surface area contributed by atoms with Gasteiger partial charge in [-0.25, -0.2) is 0 Å². The van der Waals surface area contributed by atoms with E-state index >= 15 is 0 Å². The van der Waals surface area contributed by atoms with Crippen molar-refractivity contribution >= 4 is 0 Å². The van der Waals surface area contributed by atoms with Crippen LogP contribution in [0.25, 0.3) is 0 Å². The first-order chi connectivity index (χ1) is 6.64. The molecule has 1 saturated carbocycles. The van der Waals surface area contributed by atoms with Gasteiger partial charge in [-0.2, -0.15) is 0 Å². The molecular weight excluding hydrogens is 174 g/mol. The monoisotopic (exact) mass is 199 g/mol. The van der Waals surface area contributed by atoms with E-state index in [1.807, 2.05) is 7.11 Å². The Morgan fingerprint density at radius 2 is 2.29 bits per heavy atom. The highest BCUT2D eigenvalue weighted by Gasteiger charge is 2.39. The van der Waals surface area contributed by atoms with Gasteiger partial charge in [-0.05, 0) is 25.2 Å². The molecule has 0 aromatic carbocycles. The van der Waals surface area contributed by atoms with Crippen molar-refractivity contribution in [1.82, 2.24) is 0 Å². The van der Waals surface area contributed by atoms with E-state index in [1.54, 1.807) is 0 Å². The van der Waals surface area contributed by atoms with Crippen LogP contribution in [0.3, 0.4) is 0 Å². The third-order valence-electron chi connectivity index (χ3n) is 3.67. The number of ether oxygens (including phenoxy) is 1. The Morgan fingerprint density at radius 3 is 2.79 bits per heavy atom. The molecule has 2 unspecified atom stereocenters. The number of rotatable bonds is 4. The van der Waals surface area contributed by atoms with E-state index in [4.69, 9.17) is 10.5 Å². The molecule has 0 saturated heterocycles. The molecule has 0 aromatic rings. The fraction of sp³-hybridized carbons (Fsp3) is 1.00. The fourth-order valence-corrected chi connectivity index (χ4v) is 2.79. The molecule has 0 amide bonds. The van der Waals surface area contributed by atoms with Gasteiger partial charge < -0.3 is 10.5 Å². The van der Waals surface area contributed by atoms with Gasteiger partial charge in [0.25, 0.3) is 0 Å². The summed E-state index contributed by atoms with van der Waals surface area (Å²) in [7, 11) is 1.83. The minimum absolute atomic E-state index is 0.0202. The molecule has 1 aliphatic carbocycles. The van der Waals surface area contributed by atoms with E-state index in [-0.39, 0.29) is 11.6 Å². The summed E-state index contributed by atoms with van der Waals surface area (Å²) >= 11 is 0. The van der Waals surface area contributed by atoms with E-state index in [0.717, 1.165) is 31.6 Å². The highest BCUT2D eigenvalue weighted by Crippen LogP contribution is 2.37. The minimum atomic E-state index is -0.0202. The molecular formula is C12H25NO. The van der Waals surface area contributed by atoms with Crippen molar-refractivity contribution in [2.24, 2.45) is 11.7 Å². The lowest BCUT2D eigenvalue weighted by Crippen LogP contribution is -2.52. The molecule has 1 rings (SSSR count). The average molecular weight is 199 g/mol. The maximum Gasteiger partial charge on any atom is 0.0831 e. The minimum Gasteiger partial charge on any atom is -0.377 e. The van der Waals surface area contributed by atoms with Crippen LogP contribution in [-0.4, -0.2) is 18.8 Å². The second-order valence-corrected chi connectivity index (χ2v) is 4.87. The molecule has 2 heteroatoms. The van der Waals surface area contributed by atoms with Gasteiger partial charge >= 0.3 is 0 Å². The van der Waals surface area contributed by atoms with E-state index in [0.29, 0.717) is 0 Å². The lowest BCUT2D eigenvalue weighted by Gasteiger charge is -2.43. The highest BCUT2D eigenvalue weighted by atomic mass is 16.5. The van der Waals surface area contributed by atoms with Crippen molar-refractivity contribution in [2.75, 3.05) is 7.11 Å². The first-order valence-electron chi connectivity index (χ1n) is 5.95. The number of hydrogen-bond donors (Lipinski definition) is 1. The lowest BCUT2D eigenvalue weighted by molar-refractivity contribution is -0.0723. The Balaban J connectivity index is 2.63. The number of methoxy groups -OCH3 is 1. The van der Waals surface area contributed by atoms with Gasteiger partial charge in [-0.3, -0.25) is 0 Å².